The Morgan fingerprint density at radius 2 is 1.90 bits per heavy atom. The van der Waals surface area contributed by atoms with Gasteiger partial charge in [0.15, 0.2) is 0 Å². The highest BCUT2D eigenvalue weighted by molar-refractivity contribution is 5.76. The molecule has 1 aromatic carbocycles. The van der Waals surface area contributed by atoms with Crippen molar-refractivity contribution in [3.05, 3.63) is 35.9 Å². The molecular weight excluding hydrogens is 250 g/mol. The molecular formula is C17H25NO2. The second-order valence-corrected chi connectivity index (χ2v) is 6.27. The van der Waals surface area contributed by atoms with Crippen LogP contribution >= 0.6 is 0 Å². The number of hydrogen-bond donors (Lipinski definition) is 1. The van der Waals surface area contributed by atoms with Gasteiger partial charge >= 0.3 is 5.97 Å². The normalized spacial score (nSPS) is 20.5. The number of hydrogen-bond acceptors (Lipinski definition) is 2. The number of benzene rings is 1. The van der Waals surface area contributed by atoms with Gasteiger partial charge in [-0.25, -0.2) is 0 Å². The Labute approximate surface area is 121 Å². The van der Waals surface area contributed by atoms with Gasteiger partial charge in [-0.15, -0.1) is 0 Å². The molecule has 1 unspecified atom stereocenters. The minimum Gasteiger partial charge on any atom is -0.481 e. The third kappa shape index (κ3) is 3.60. The first-order valence-electron chi connectivity index (χ1n) is 7.54. The van der Waals surface area contributed by atoms with E-state index in [4.69, 9.17) is 0 Å². The van der Waals surface area contributed by atoms with Crippen LogP contribution in [0.1, 0.15) is 44.6 Å². The van der Waals surface area contributed by atoms with Crippen molar-refractivity contribution in [2.75, 3.05) is 19.6 Å². The Morgan fingerprint density at radius 1 is 1.30 bits per heavy atom. The molecule has 1 atom stereocenters. The summed E-state index contributed by atoms with van der Waals surface area (Å²) in [5, 5.41) is 9.48. The van der Waals surface area contributed by atoms with Crippen LogP contribution < -0.4 is 0 Å². The Balaban J connectivity index is 1.99. The summed E-state index contributed by atoms with van der Waals surface area (Å²) in [6.45, 7) is 7.25. The Hall–Kier alpha value is -1.35. The summed E-state index contributed by atoms with van der Waals surface area (Å²) < 4.78 is 0. The third-order valence-electron chi connectivity index (χ3n) is 4.86. The largest absolute Gasteiger partial charge is 0.481 e. The molecule has 0 amide bonds. The molecule has 20 heavy (non-hydrogen) atoms. The molecule has 1 aromatic rings. The molecule has 1 fully saturated rings. The van der Waals surface area contributed by atoms with Gasteiger partial charge in [0.2, 0.25) is 0 Å². The number of carbonyl (C=O) groups is 1. The third-order valence-corrected chi connectivity index (χ3v) is 4.86. The van der Waals surface area contributed by atoms with Crippen LogP contribution in [-0.2, 0) is 4.79 Å². The van der Waals surface area contributed by atoms with Crippen LogP contribution in [0.2, 0.25) is 0 Å². The molecule has 2 rings (SSSR count). The summed E-state index contributed by atoms with van der Waals surface area (Å²) in [4.78, 5) is 13.8. The molecule has 1 N–H and O–H groups in total. The van der Waals surface area contributed by atoms with Crippen molar-refractivity contribution in [1.82, 2.24) is 4.90 Å². The van der Waals surface area contributed by atoms with E-state index < -0.39 is 11.9 Å². The Kier molecular flexibility index (Phi) is 4.81. The summed E-state index contributed by atoms with van der Waals surface area (Å²) in [5.74, 6) is -1.14. The highest BCUT2D eigenvalue weighted by Crippen LogP contribution is 2.34. The van der Waals surface area contributed by atoms with E-state index in [0.29, 0.717) is 12.0 Å². The molecule has 3 nitrogen and oxygen atoms in total. The average molecular weight is 275 g/mol. The molecule has 0 spiro atoms. The van der Waals surface area contributed by atoms with E-state index in [1.807, 2.05) is 30.3 Å². The quantitative estimate of drug-likeness (QED) is 0.895. The van der Waals surface area contributed by atoms with Gasteiger partial charge in [0.25, 0.3) is 0 Å². The highest BCUT2D eigenvalue weighted by Gasteiger charge is 2.30. The van der Waals surface area contributed by atoms with E-state index >= 15 is 0 Å². The van der Waals surface area contributed by atoms with Crippen molar-refractivity contribution in [2.45, 2.75) is 39.0 Å². The van der Waals surface area contributed by atoms with Gasteiger partial charge < -0.3 is 10.0 Å². The molecule has 0 radical (unpaired) electrons. The zero-order valence-electron chi connectivity index (χ0n) is 12.5. The van der Waals surface area contributed by atoms with E-state index in [9.17, 15) is 9.90 Å². The number of aliphatic carboxylic acids is 1. The number of likely N-dealkylation sites (tertiary alicyclic amines) is 1. The molecule has 3 heteroatoms. The van der Waals surface area contributed by atoms with Crippen molar-refractivity contribution < 1.29 is 9.90 Å². The lowest BCUT2D eigenvalue weighted by Gasteiger charge is -2.39. The van der Waals surface area contributed by atoms with Crippen molar-refractivity contribution in [2.24, 2.45) is 5.41 Å². The van der Waals surface area contributed by atoms with Crippen molar-refractivity contribution >= 4 is 5.97 Å². The highest BCUT2D eigenvalue weighted by atomic mass is 16.4. The predicted molar refractivity (Wildman–Crippen MR) is 80.9 cm³/mol. The predicted octanol–water partition coefficient (Wildman–Crippen LogP) is 3.37. The van der Waals surface area contributed by atoms with E-state index in [0.717, 1.165) is 18.7 Å². The summed E-state index contributed by atoms with van der Waals surface area (Å²) >= 11 is 0. The molecule has 0 saturated carbocycles. The SMILES string of the molecule is CCC1(C)CCN(CC(C(=O)O)c2ccccc2)CC1. The fourth-order valence-electron chi connectivity index (χ4n) is 2.90. The van der Waals surface area contributed by atoms with Crippen LogP contribution in [0.4, 0.5) is 0 Å². The lowest BCUT2D eigenvalue weighted by atomic mass is 9.78. The lowest BCUT2D eigenvalue weighted by Crippen LogP contribution is -2.41. The maximum absolute atomic E-state index is 11.5. The summed E-state index contributed by atoms with van der Waals surface area (Å²) in [6.07, 6.45) is 3.55. The van der Waals surface area contributed by atoms with E-state index in [-0.39, 0.29) is 0 Å². The van der Waals surface area contributed by atoms with E-state index in [1.165, 1.54) is 19.3 Å². The first kappa shape index (κ1) is 15.0. The number of piperidine rings is 1. The monoisotopic (exact) mass is 275 g/mol. The molecule has 0 bridgehead atoms. The van der Waals surface area contributed by atoms with Gasteiger partial charge in [-0.05, 0) is 36.9 Å². The minimum atomic E-state index is -0.722. The number of carboxylic acids is 1. The fraction of sp³-hybridized carbons (Fsp3) is 0.588. The summed E-state index contributed by atoms with van der Waals surface area (Å²) in [6, 6.07) is 9.58. The molecule has 110 valence electrons. The molecule has 1 saturated heterocycles. The van der Waals surface area contributed by atoms with Gasteiger partial charge in [-0.2, -0.15) is 0 Å². The van der Waals surface area contributed by atoms with Gasteiger partial charge in [-0.1, -0.05) is 50.6 Å². The average Bonchev–Trinajstić information content (AvgIpc) is 2.47. The van der Waals surface area contributed by atoms with Gasteiger partial charge in [0, 0.05) is 6.54 Å². The second-order valence-electron chi connectivity index (χ2n) is 6.27. The van der Waals surface area contributed by atoms with Crippen LogP contribution in [0.5, 0.6) is 0 Å². The lowest BCUT2D eigenvalue weighted by molar-refractivity contribution is -0.139. The first-order valence-corrected chi connectivity index (χ1v) is 7.54. The minimum absolute atomic E-state index is 0.415. The van der Waals surface area contributed by atoms with E-state index in [2.05, 4.69) is 18.7 Å². The molecule has 0 aliphatic carbocycles. The number of rotatable bonds is 5. The molecule has 1 heterocycles. The summed E-state index contributed by atoms with van der Waals surface area (Å²) in [7, 11) is 0. The Morgan fingerprint density at radius 3 is 2.40 bits per heavy atom. The van der Waals surface area contributed by atoms with E-state index in [1.54, 1.807) is 0 Å². The topological polar surface area (TPSA) is 40.5 Å². The van der Waals surface area contributed by atoms with Gasteiger partial charge in [0.05, 0.1) is 5.92 Å². The molecule has 1 aliphatic rings. The molecule has 0 aromatic heterocycles. The van der Waals surface area contributed by atoms with Crippen LogP contribution in [0, 0.1) is 5.41 Å². The summed E-state index contributed by atoms with van der Waals surface area (Å²) in [5.41, 5.74) is 1.35. The van der Waals surface area contributed by atoms with Crippen LogP contribution in [-0.4, -0.2) is 35.6 Å². The zero-order chi connectivity index (χ0) is 14.6. The Bertz CT molecular complexity index is 436. The van der Waals surface area contributed by atoms with Crippen molar-refractivity contribution in [3.8, 4) is 0 Å². The maximum Gasteiger partial charge on any atom is 0.312 e. The first-order chi connectivity index (χ1) is 9.54. The smallest absolute Gasteiger partial charge is 0.312 e. The second kappa shape index (κ2) is 6.40. The van der Waals surface area contributed by atoms with Crippen LogP contribution in [0.3, 0.4) is 0 Å². The number of carboxylic acid groups (broad SMARTS) is 1. The molecule has 1 aliphatic heterocycles. The standard InChI is InChI=1S/C17H25NO2/c1-3-17(2)9-11-18(12-10-17)13-15(16(19)20)14-7-5-4-6-8-14/h4-8,15H,3,9-13H2,1-2H3,(H,19,20). The van der Waals surface area contributed by atoms with Crippen LogP contribution in [0.25, 0.3) is 0 Å². The van der Waals surface area contributed by atoms with Gasteiger partial charge in [0.1, 0.15) is 0 Å². The van der Waals surface area contributed by atoms with Gasteiger partial charge in [-0.3, -0.25) is 4.79 Å². The maximum atomic E-state index is 11.5. The number of nitrogens with zero attached hydrogens (tertiary/aromatic N) is 1. The van der Waals surface area contributed by atoms with Crippen LogP contribution in [0.15, 0.2) is 30.3 Å². The van der Waals surface area contributed by atoms with Crippen molar-refractivity contribution in [3.63, 3.8) is 0 Å². The zero-order valence-corrected chi connectivity index (χ0v) is 12.5. The fourth-order valence-corrected chi connectivity index (χ4v) is 2.90. The van der Waals surface area contributed by atoms with Crippen molar-refractivity contribution in [1.29, 1.82) is 0 Å².